The van der Waals surface area contributed by atoms with Gasteiger partial charge in [0.25, 0.3) is 0 Å². The van der Waals surface area contributed by atoms with Gasteiger partial charge in [-0.15, -0.1) is 0 Å². The number of benzene rings is 1. The number of carbonyl (C=O) groups is 11. The molecule has 0 radical (unpaired) electrons. The Balaban J connectivity index is 2.40. The molecule has 10 amide bonds. The number of amides is 10. The number of hydrogen-bond donors (Lipinski definition) is 19. The van der Waals surface area contributed by atoms with Gasteiger partial charge >= 0.3 is 5.97 Å². The number of aliphatic carboxylic acids is 1. The first-order valence-electron chi connectivity index (χ1n) is 30.1. The number of nitrogens with zero attached hydrogens (tertiary/aromatic N) is 2. The average Bonchev–Trinajstić information content (AvgIpc) is 2.48. The second kappa shape index (κ2) is 42.5. The van der Waals surface area contributed by atoms with Crippen molar-refractivity contribution in [2.24, 2.45) is 51.0 Å². The van der Waals surface area contributed by atoms with Crippen LogP contribution in [0.1, 0.15) is 122 Å². The third-order valence-corrected chi connectivity index (χ3v) is 14.8. The van der Waals surface area contributed by atoms with Crippen molar-refractivity contribution in [2.45, 2.75) is 177 Å². The van der Waals surface area contributed by atoms with Crippen LogP contribution in [0.3, 0.4) is 0 Å². The number of unbranched alkanes of at least 4 members (excludes halogenated alkanes) is 4. The maximum atomic E-state index is 14.5. The lowest BCUT2D eigenvalue weighted by Gasteiger charge is -2.29. The van der Waals surface area contributed by atoms with Crippen LogP contribution in [0.5, 0.6) is 5.75 Å². The molecule has 1 fully saturated rings. The monoisotopic (exact) mass is 1260 g/mol. The lowest BCUT2D eigenvalue weighted by atomic mass is 10.0. The van der Waals surface area contributed by atoms with Gasteiger partial charge in [-0.3, -0.25) is 52.9 Å². The zero-order valence-electron chi connectivity index (χ0n) is 50.7. The number of nitrogens with one attached hydrogen (secondary N) is 9. The van der Waals surface area contributed by atoms with E-state index in [9.17, 15) is 63.0 Å². The molecule has 25 N–H and O–H groups in total. The van der Waals surface area contributed by atoms with E-state index in [2.05, 4.69) is 65.5 Å². The van der Waals surface area contributed by atoms with Crippen LogP contribution in [-0.4, -0.2) is 199 Å². The SMILES string of the molecule is CC(C)C(NC(=O)C(CCCCN)NC(=O)C(CCCN=C(N)N)NC(=O)C(CCCCN)NC(=O)C(CCCCN)NC(=O)C(CCCCN)NC(=O)C1CCCN1C(=O)CNC(=O)C(Cc1ccc(O)cc1)NC(=O)CNC(=O)C(N)CS)C(=O)O. The van der Waals surface area contributed by atoms with Gasteiger partial charge in [0.2, 0.25) is 59.1 Å². The summed E-state index contributed by atoms with van der Waals surface area (Å²) >= 11 is 3.98. The average molecular weight is 1260 g/mol. The van der Waals surface area contributed by atoms with E-state index in [1.807, 2.05) is 0 Å². The molecule has 9 unspecified atom stereocenters. The number of phenolic OH excluding ortho intramolecular Hbond substituents is 1. The topological polar surface area (TPSA) is 534 Å². The smallest absolute Gasteiger partial charge is 0.326 e. The van der Waals surface area contributed by atoms with E-state index in [4.69, 9.17) is 40.1 Å². The summed E-state index contributed by atoms with van der Waals surface area (Å²) in [6.45, 7) is 3.30. The zero-order chi connectivity index (χ0) is 65.7. The summed E-state index contributed by atoms with van der Waals surface area (Å²) in [6.07, 6.45) is 4.06. The summed E-state index contributed by atoms with van der Waals surface area (Å²) in [5.41, 5.74) is 40.4. The van der Waals surface area contributed by atoms with Crippen molar-refractivity contribution >= 4 is 83.6 Å². The molecule has 1 heterocycles. The molecule has 0 aliphatic carbocycles. The van der Waals surface area contributed by atoms with E-state index in [1.165, 1.54) is 29.2 Å². The summed E-state index contributed by atoms with van der Waals surface area (Å²) in [5, 5.41) is 43.2. The second-order valence-corrected chi connectivity index (χ2v) is 22.3. The van der Waals surface area contributed by atoms with Crippen molar-refractivity contribution in [1.82, 2.24) is 52.8 Å². The largest absolute Gasteiger partial charge is 0.508 e. The Bertz CT molecular complexity index is 2440. The fourth-order valence-corrected chi connectivity index (χ4v) is 9.54. The summed E-state index contributed by atoms with van der Waals surface area (Å²) in [5.74, 6) is -9.44. The molecule has 32 heteroatoms. The summed E-state index contributed by atoms with van der Waals surface area (Å²) < 4.78 is 0. The molecule has 31 nitrogen and oxygen atoms in total. The van der Waals surface area contributed by atoms with E-state index in [-0.39, 0.29) is 108 Å². The molecule has 2 rings (SSSR count). The molecule has 1 aromatic carbocycles. The Hall–Kier alpha value is -7.39. The van der Waals surface area contributed by atoms with Gasteiger partial charge in [-0.25, -0.2) is 4.79 Å². The predicted octanol–water partition coefficient (Wildman–Crippen LogP) is -4.88. The van der Waals surface area contributed by atoms with Crippen LogP contribution >= 0.6 is 12.6 Å². The highest BCUT2D eigenvalue weighted by Crippen LogP contribution is 2.19. The number of nitrogens with two attached hydrogens (primary N) is 7. The predicted molar refractivity (Wildman–Crippen MR) is 332 cm³/mol. The van der Waals surface area contributed by atoms with Crippen molar-refractivity contribution in [3.8, 4) is 5.75 Å². The van der Waals surface area contributed by atoms with E-state index in [0.29, 0.717) is 63.4 Å². The molecular weight excluding hydrogens is 1160 g/mol. The van der Waals surface area contributed by atoms with Gasteiger partial charge in [0.05, 0.1) is 19.1 Å². The molecular formula is C56H98N18O13S. The minimum absolute atomic E-state index is 0.0167. The van der Waals surface area contributed by atoms with Gasteiger partial charge in [-0.2, -0.15) is 12.6 Å². The fourth-order valence-electron chi connectivity index (χ4n) is 9.37. The maximum Gasteiger partial charge on any atom is 0.326 e. The van der Waals surface area contributed by atoms with Crippen LogP contribution in [0.15, 0.2) is 29.3 Å². The standard InChI is InChI=1S/C56H98N18O13S/c1-33(2)46(55(86)87)73-53(84)40(16-6-10-26-60)70-52(83)41(17-11-27-64-56(62)63)71-50(81)38(14-4-8-24-58)68-49(80)37(13-3-7-23-57)69-51(82)39(15-5-9-25-59)72-54(85)43-18-12-28-74(43)45(77)31-66-48(79)42(29-34-19-21-35(75)22-20-34)67-44(76)30-65-47(78)36(61)32-88/h19-22,33,36-43,46,75,88H,3-18,23-32,57-61H2,1-2H3,(H,65,78)(H,66,79)(H,67,76)(H,68,80)(H,69,82)(H,70,83)(H,71,81)(H,72,85)(H,73,84)(H,86,87)(H4,62,63,64). The van der Waals surface area contributed by atoms with Crippen molar-refractivity contribution in [1.29, 1.82) is 0 Å². The molecule has 0 bridgehead atoms. The summed E-state index contributed by atoms with van der Waals surface area (Å²) in [4.78, 5) is 155. The second-order valence-electron chi connectivity index (χ2n) is 21.9. The molecule has 0 aromatic heterocycles. The fraction of sp³-hybridized carbons (Fsp3) is 0.679. The molecule has 1 aliphatic rings. The van der Waals surface area contributed by atoms with Crippen LogP contribution in [0.25, 0.3) is 0 Å². The number of carboxylic acid groups (broad SMARTS) is 1. The highest BCUT2D eigenvalue weighted by molar-refractivity contribution is 7.80. The van der Waals surface area contributed by atoms with Gasteiger partial charge in [0.1, 0.15) is 54.1 Å². The molecule has 1 aliphatic heterocycles. The Morgan fingerprint density at radius 1 is 0.580 bits per heavy atom. The molecule has 1 aromatic rings. The Labute approximate surface area is 519 Å². The first-order chi connectivity index (χ1) is 41.9. The Kier molecular flexibility index (Phi) is 37.0. The number of rotatable bonds is 44. The molecule has 1 saturated heterocycles. The normalized spacial score (nSPS) is 15.6. The number of likely N-dealkylation sites (tertiary alicyclic amines) is 1. The summed E-state index contributed by atoms with van der Waals surface area (Å²) in [6, 6.07) is -5.20. The van der Waals surface area contributed by atoms with E-state index in [0.717, 1.165) is 0 Å². The molecule has 0 saturated carbocycles. The van der Waals surface area contributed by atoms with Gasteiger partial charge in [-0.1, -0.05) is 26.0 Å². The number of phenols is 1. The quantitative estimate of drug-likeness (QED) is 0.0126. The minimum atomic E-state index is -1.34. The zero-order valence-corrected chi connectivity index (χ0v) is 51.6. The molecule has 496 valence electrons. The molecule has 88 heavy (non-hydrogen) atoms. The van der Waals surface area contributed by atoms with E-state index in [1.54, 1.807) is 13.8 Å². The van der Waals surface area contributed by atoms with Gasteiger partial charge in [-0.05, 0) is 153 Å². The van der Waals surface area contributed by atoms with Crippen LogP contribution < -0.4 is 88.0 Å². The van der Waals surface area contributed by atoms with Crippen LogP contribution in [-0.2, 0) is 59.2 Å². The van der Waals surface area contributed by atoms with Crippen molar-refractivity contribution in [3.63, 3.8) is 0 Å². The number of carbonyl (C=O) groups excluding carboxylic acids is 10. The number of aromatic hydroxyl groups is 1. The van der Waals surface area contributed by atoms with Gasteiger partial charge in [0.15, 0.2) is 5.96 Å². The number of carboxylic acids is 1. The first kappa shape index (κ1) is 76.7. The van der Waals surface area contributed by atoms with Crippen molar-refractivity contribution < 1.29 is 63.0 Å². The molecule has 0 spiro atoms. The highest BCUT2D eigenvalue weighted by Gasteiger charge is 2.38. The van der Waals surface area contributed by atoms with E-state index >= 15 is 0 Å². The van der Waals surface area contributed by atoms with Crippen molar-refractivity contribution in [3.05, 3.63) is 29.8 Å². The highest BCUT2D eigenvalue weighted by atomic mass is 32.1. The number of guanidine groups is 1. The van der Waals surface area contributed by atoms with Gasteiger partial charge < -0.3 is 103 Å². The minimum Gasteiger partial charge on any atom is -0.508 e. The van der Waals surface area contributed by atoms with Crippen LogP contribution in [0, 0.1) is 5.92 Å². The summed E-state index contributed by atoms with van der Waals surface area (Å²) in [7, 11) is 0. The third kappa shape index (κ3) is 29.1. The number of thiol groups is 1. The Morgan fingerprint density at radius 2 is 1.01 bits per heavy atom. The van der Waals surface area contributed by atoms with Crippen LogP contribution in [0.4, 0.5) is 0 Å². The Morgan fingerprint density at radius 3 is 1.43 bits per heavy atom. The van der Waals surface area contributed by atoms with Crippen molar-refractivity contribution in [2.75, 3.05) is 58.1 Å². The first-order valence-corrected chi connectivity index (χ1v) is 30.7. The molecule has 9 atom stereocenters. The maximum absolute atomic E-state index is 14.5. The third-order valence-electron chi connectivity index (χ3n) is 14.4. The number of aliphatic imine (C=N–C) groups is 1. The lowest BCUT2D eigenvalue weighted by Crippen LogP contribution is -2.60. The van der Waals surface area contributed by atoms with Gasteiger partial charge in [0, 0.05) is 25.3 Å². The number of hydrogen-bond acceptors (Lipinski definition) is 19. The van der Waals surface area contributed by atoms with Crippen LogP contribution in [0.2, 0.25) is 0 Å². The van der Waals surface area contributed by atoms with E-state index < -0.39 is 138 Å². The lowest BCUT2D eigenvalue weighted by molar-refractivity contribution is -0.143.